The fourth-order valence-corrected chi connectivity index (χ4v) is 1.36. The summed E-state index contributed by atoms with van der Waals surface area (Å²) in [5, 5.41) is 6.69. The van der Waals surface area contributed by atoms with E-state index in [1.54, 1.807) is 29.3 Å². The highest BCUT2D eigenvalue weighted by molar-refractivity contribution is 5.99. The quantitative estimate of drug-likeness (QED) is 0.830. The third kappa shape index (κ3) is 3.00. The second kappa shape index (κ2) is 5.22. The van der Waals surface area contributed by atoms with Crippen LogP contribution in [0, 0.1) is 0 Å². The highest BCUT2D eigenvalue weighted by Crippen LogP contribution is 2.08. The summed E-state index contributed by atoms with van der Waals surface area (Å²) in [6.07, 6.45) is 6.11. The number of anilines is 1. The molecular formula is C12H13N5O. The summed E-state index contributed by atoms with van der Waals surface area (Å²) in [6.45, 7) is 3.73. The molecule has 92 valence electrons. The summed E-state index contributed by atoms with van der Waals surface area (Å²) in [6, 6.07) is 3.52. The van der Waals surface area contributed by atoms with Gasteiger partial charge in [-0.15, -0.1) is 0 Å². The SMILES string of the molecule is CC(C)=CC(=O)Nc1ccc(-n2cncn2)nc1. The molecule has 0 radical (unpaired) electrons. The van der Waals surface area contributed by atoms with Crippen LogP contribution in [-0.2, 0) is 4.79 Å². The zero-order valence-corrected chi connectivity index (χ0v) is 10.2. The van der Waals surface area contributed by atoms with Gasteiger partial charge in [-0.2, -0.15) is 5.10 Å². The van der Waals surface area contributed by atoms with Gasteiger partial charge in [-0.25, -0.2) is 14.6 Å². The summed E-state index contributed by atoms with van der Waals surface area (Å²) >= 11 is 0. The van der Waals surface area contributed by atoms with Gasteiger partial charge in [0.05, 0.1) is 11.9 Å². The van der Waals surface area contributed by atoms with Crippen LogP contribution in [0.4, 0.5) is 5.69 Å². The number of aromatic nitrogens is 4. The molecule has 6 heteroatoms. The third-order valence-corrected chi connectivity index (χ3v) is 2.09. The normalized spacial score (nSPS) is 9.89. The number of amides is 1. The Bertz CT molecular complexity index is 553. The molecule has 0 aromatic carbocycles. The zero-order valence-electron chi connectivity index (χ0n) is 10.2. The maximum absolute atomic E-state index is 11.5. The van der Waals surface area contributed by atoms with E-state index in [4.69, 9.17) is 0 Å². The number of allylic oxidation sites excluding steroid dienone is 1. The molecule has 18 heavy (non-hydrogen) atoms. The first-order chi connectivity index (χ1) is 8.65. The molecule has 6 nitrogen and oxygen atoms in total. The topological polar surface area (TPSA) is 72.7 Å². The maximum atomic E-state index is 11.5. The van der Waals surface area contributed by atoms with Crippen molar-refractivity contribution in [3.05, 3.63) is 42.6 Å². The standard InChI is InChI=1S/C12H13N5O/c1-9(2)5-12(18)16-10-3-4-11(14-6-10)17-8-13-7-15-17/h3-8H,1-2H3,(H,16,18). The van der Waals surface area contributed by atoms with E-state index in [2.05, 4.69) is 20.4 Å². The molecule has 0 fully saturated rings. The van der Waals surface area contributed by atoms with Crippen LogP contribution < -0.4 is 5.32 Å². The molecule has 0 bridgehead atoms. The number of hydrogen-bond acceptors (Lipinski definition) is 4. The smallest absolute Gasteiger partial charge is 0.248 e. The van der Waals surface area contributed by atoms with Crippen molar-refractivity contribution in [1.29, 1.82) is 0 Å². The van der Waals surface area contributed by atoms with E-state index < -0.39 is 0 Å². The minimum atomic E-state index is -0.162. The van der Waals surface area contributed by atoms with E-state index in [-0.39, 0.29) is 5.91 Å². The molecule has 2 heterocycles. The largest absolute Gasteiger partial charge is 0.321 e. The van der Waals surface area contributed by atoms with Crippen LogP contribution in [0.1, 0.15) is 13.8 Å². The van der Waals surface area contributed by atoms with Gasteiger partial charge in [-0.05, 0) is 26.0 Å². The Kier molecular flexibility index (Phi) is 3.47. The second-order valence-corrected chi connectivity index (χ2v) is 3.96. The Hall–Kier alpha value is -2.50. The minimum absolute atomic E-state index is 0.162. The van der Waals surface area contributed by atoms with Crippen LogP contribution in [-0.4, -0.2) is 25.7 Å². The Balaban J connectivity index is 2.09. The molecule has 0 unspecified atom stereocenters. The fourth-order valence-electron chi connectivity index (χ4n) is 1.36. The molecule has 1 N–H and O–H groups in total. The molecule has 0 aliphatic rings. The van der Waals surface area contributed by atoms with Gasteiger partial charge >= 0.3 is 0 Å². The van der Waals surface area contributed by atoms with Crippen molar-refractivity contribution in [1.82, 2.24) is 19.7 Å². The van der Waals surface area contributed by atoms with Crippen LogP contribution >= 0.6 is 0 Å². The van der Waals surface area contributed by atoms with Crippen LogP contribution in [0.2, 0.25) is 0 Å². The van der Waals surface area contributed by atoms with Gasteiger partial charge in [0.25, 0.3) is 0 Å². The highest BCUT2D eigenvalue weighted by atomic mass is 16.1. The van der Waals surface area contributed by atoms with E-state index >= 15 is 0 Å². The fraction of sp³-hybridized carbons (Fsp3) is 0.167. The van der Waals surface area contributed by atoms with Crippen molar-refractivity contribution < 1.29 is 4.79 Å². The molecule has 0 aliphatic carbocycles. The first-order valence-corrected chi connectivity index (χ1v) is 5.42. The number of rotatable bonds is 3. The lowest BCUT2D eigenvalue weighted by molar-refractivity contribution is -0.111. The minimum Gasteiger partial charge on any atom is -0.321 e. The molecule has 2 aromatic heterocycles. The van der Waals surface area contributed by atoms with Crippen molar-refractivity contribution >= 4 is 11.6 Å². The van der Waals surface area contributed by atoms with Gasteiger partial charge in [-0.3, -0.25) is 4.79 Å². The first kappa shape index (κ1) is 12.0. The number of nitrogens with one attached hydrogen (secondary N) is 1. The Morgan fingerprint density at radius 1 is 1.39 bits per heavy atom. The van der Waals surface area contributed by atoms with Crippen LogP contribution in [0.25, 0.3) is 5.82 Å². The van der Waals surface area contributed by atoms with E-state index in [1.807, 2.05) is 13.8 Å². The number of carbonyl (C=O) groups is 1. The lowest BCUT2D eigenvalue weighted by atomic mass is 10.3. The van der Waals surface area contributed by atoms with Crippen molar-refractivity contribution in [3.63, 3.8) is 0 Å². The van der Waals surface area contributed by atoms with Gasteiger partial charge in [-0.1, -0.05) is 5.57 Å². The molecule has 0 saturated carbocycles. The van der Waals surface area contributed by atoms with E-state index in [1.165, 1.54) is 12.4 Å². The molecule has 0 aliphatic heterocycles. The molecule has 2 rings (SSSR count). The van der Waals surface area contributed by atoms with Gasteiger partial charge in [0.1, 0.15) is 12.7 Å². The average Bonchev–Trinajstić information content (AvgIpc) is 2.82. The molecule has 0 saturated heterocycles. The predicted octanol–water partition coefficient (Wildman–Crippen LogP) is 1.57. The van der Waals surface area contributed by atoms with E-state index in [0.717, 1.165) is 5.57 Å². The number of pyridine rings is 1. The van der Waals surface area contributed by atoms with Gasteiger partial charge in [0.2, 0.25) is 5.91 Å². The van der Waals surface area contributed by atoms with E-state index in [9.17, 15) is 4.79 Å². The van der Waals surface area contributed by atoms with Crippen LogP contribution in [0.15, 0.2) is 42.6 Å². The lowest BCUT2D eigenvalue weighted by Crippen LogP contribution is -2.09. The Morgan fingerprint density at radius 2 is 2.22 bits per heavy atom. The third-order valence-electron chi connectivity index (χ3n) is 2.09. The zero-order chi connectivity index (χ0) is 13.0. The summed E-state index contributed by atoms with van der Waals surface area (Å²) in [5.74, 6) is 0.484. The van der Waals surface area contributed by atoms with Crippen LogP contribution in [0.3, 0.4) is 0 Å². The summed E-state index contributed by atoms with van der Waals surface area (Å²) in [7, 11) is 0. The molecule has 2 aromatic rings. The first-order valence-electron chi connectivity index (χ1n) is 5.42. The lowest BCUT2D eigenvalue weighted by Gasteiger charge is -2.03. The molecule has 0 atom stereocenters. The predicted molar refractivity (Wildman–Crippen MR) is 67.2 cm³/mol. The average molecular weight is 243 g/mol. The van der Waals surface area contributed by atoms with Crippen molar-refractivity contribution in [2.45, 2.75) is 13.8 Å². The van der Waals surface area contributed by atoms with Gasteiger partial charge < -0.3 is 5.32 Å². The van der Waals surface area contributed by atoms with Gasteiger partial charge in [0.15, 0.2) is 5.82 Å². The summed E-state index contributed by atoms with van der Waals surface area (Å²) in [5.41, 5.74) is 1.58. The highest BCUT2D eigenvalue weighted by Gasteiger charge is 2.01. The van der Waals surface area contributed by atoms with Crippen LogP contribution in [0.5, 0.6) is 0 Å². The second-order valence-electron chi connectivity index (χ2n) is 3.96. The summed E-state index contributed by atoms with van der Waals surface area (Å²) < 4.78 is 1.54. The molecule has 1 amide bonds. The number of hydrogen-bond donors (Lipinski definition) is 1. The Morgan fingerprint density at radius 3 is 2.78 bits per heavy atom. The van der Waals surface area contributed by atoms with E-state index in [0.29, 0.717) is 11.5 Å². The monoisotopic (exact) mass is 243 g/mol. The maximum Gasteiger partial charge on any atom is 0.248 e. The van der Waals surface area contributed by atoms with Crippen molar-refractivity contribution in [2.75, 3.05) is 5.32 Å². The molecular weight excluding hydrogens is 230 g/mol. The number of carbonyl (C=O) groups excluding carboxylic acids is 1. The van der Waals surface area contributed by atoms with Crippen molar-refractivity contribution in [2.24, 2.45) is 0 Å². The van der Waals surface area contributed by atoms with Gasteiger partial charge in [0, 0.05) is 6.08 Å². The number of nitrogens with zero attached hydrogens (tertiary/aromatic N) is 4. The molecule has 0 spiro atoms. The Labute approximate surface area is 104 Å². The summed E-state index contributed by atoms with van der Waals surface area (Å²) in [4.78, 5) is 19.5. The van der Waals surface area contributed by atoms with Crippen molar-refractivity contribution in [3.8, 4) is 5.82 Å².